The molecule has 5 nitrogen and oxygen atoms in total. The van der Waals surface area contributed by atoms with Crippen LogP contribution >= 0.6 is 0 Å². The first kappa shape index (κ1) is 12.3. The number of hydrogen-bond acceptors (Lipinski definition) is 4. The molecule has 0 aromatic heterocycles. The summed E-state index contributed by atoms with van der Waals surface area (Å²) in [6.45, 7) is 2.22. The van der Waals surface area contributed by atoms with Gasteiger partial charge in [0.2, 0.25) is 11.8 Å². The average Bonchev–Trinajstić information content (AvgIpc) is 2.30. The molecule has 1 saturated heterocycles. The van der Waals surface area contributed by atoms with Crippen molar-refractivity contribution in [3.05, 3.63) is 24.0 Å². The highest BCUT2D eigenvalue weighted by Crippen LogP contribution is 2.24. The van der Waals surface area contributed by atoms with E-state index in [-0.39, 0.29) is 30.7 Å². The Bertz CT molecular complexity index is 474. The Kier molecular flexibility index (Phi) is 3.45. The van der Waals surface area contributed by atoms with E-state index in [9.17, 15) is 14.0 Å². The van der Waals surface area contributed by atoms with Gasteiger partial charge in [-0.1, -0.05) is 0 Å². The van der Waals surface area contributed by atoms with Gasteiger partial charge in [-0.2, -0.15) is 0 Å². The summed E-state index contributed by atoms with van der Waals surface area (Å²) in [7, 11) is 0. The number of carbonyl (C=O) groups is 2. The van der Waals surface area contributed by atoms with E-state index in [1.165, 1.54) is 17.0 Å². The molecule has 0 radical (unpaired) electrons. The van der Waals surface area contributed by atoms with Gasteiger partial charge in [-0.3, -0.25) is 14.9 Å². The molecule has 2 rings (SSSR count). The highest BCUT2D eigenvalue weighted by molar-refractivity contribution is 6.02. The maximum Gasteiger partial charge on any atom is 0.246 e. The van der Waals surface area contributed by atoms with E-state index in [4.69, 9.17) is 4.74 Å². The van der Waals surface area contributed by atoms with Crippen molar-refractivity contribution in [2.75, 3.05) is 24.6 Å². The molecule has 1 heterocycles. The third-order valence-corrected chi connectivity index (χ3v) is 2.53. The molecule has 1 aromatic carbocycles. The third kappa shape index (κ3) is 2.58. The first-order valence-corrected chi connectivity index (χ1v) is 5.60. The van der Waals surface area contributed by atoms with Crippen molar-refractivity contribution in [2.24, 2.45) is 0 Å². The van der Waals surface area contributed by atoms with Crippen molar-refractivity contribution < 1.29 is 18.7 Å². The molecule has 1 fully saturated rings. The van der Waals surface area contributed by atoms with Crippen molar-refractivity contribution in [1.29, 1.82) is 0 Å². The summed E-state index contributed by atoms with van der Waals surface area (Å²) in [6, 6.07) is 4.38. The standard InChI is InChI=1S/C12H13FN2O3/c1-2-18-10-4-3-8(5-9(10)13)15-6-11(16)14-12(17)7-15/h3-5H,2,6-7H2,1H3,(H,14,16,17). The lowest BCUT2D eigenvalue weighted by Gasteiger charge is -2.27. The lowest BCUT2D eigenvalue weighted by Crippen LogP contribution is -2.51. The maximum absolute atomic E-state index is 13.6. The molecule has 96 valence electrons. The van der Waals surface area contributed by atoms with Crippen LogP contribution in [0, 0.1) is 5.82 Å². The molecule has 1 N–H and O–H groups in total. The van der Waals surface area contributed by atoms with Crippen LogP contribution < -0.4 is 15.0 Å². The zero-order chi connectivity index (χ0) is 13.1. The lowest BCUT2D eigenvalue weighted by atomic mass is 10.2. The predicted molar refractivity (Wildman–Crippen MR) is 62.9 cm³/mol. The third-order valence-electron chi connectivity index (χ3n) is 2.53. The molecule has 18 heavy (non-hydrogen) atoms. The number of benzene rings is 1. The number of anilines is 1. The molecule has 1 aromatic rings. The van der Waals surface area contributed by atoms with Crippen LogP contribution in [-0.4, -0.2) is 31.5 Å². The fourth-order valence-corrected chi connectivity index (χ4v) is 1.78. The van der Waals surface area contributed by atoms with Crippen LogP contribution in [0.25, 0.3) is 0 Å². The number of amides is 2. The molecule has 6 heteroatoms. The summed E-state index contributed by atoms with van der Waals surface area (Å²) in [5, 5.41) is 2.19. The van der Waals surface area contributed by atoms with E-state index in [2.05, 4.69) is 5.32 Å². The number of nitrogens with zero attached hydrogens (tertiary/aromatic N) is 1. The van der Waals surface area contributed by atoms with E-state index >= 15 is 0 Å². The average molecular weight is 252 g/mol. The minimum Gasteiger partial charge on any atom is -0.491 e. The summed E-state index contributed by atoms with van der Waals surface area (Å²) in [6.07, 6.45) is 0. The van der Waals surface area contributed by atoms with Gasteiger partial charge in [0.05, 0.1) is 19.7 Å². The summed E-state index contributed by atoms with van der Waals surface area (Å²) < 4.78 is 18.7. The zero-order valence-electron chi connectivity index (χ0n) is 9.90. The Morgan fingerprint density at radius 3 is 2.56 bits per heavy atom. The number of piperazine rings is 1. The van der Waals surface area contributed by atoms with Gasteiger partial charge in [0, 0.05) is 11.8 Å². The molecule has 0 bridgehead atoms. The zero-order valence-corrected chi connectivity index (χ0v) is 9.90. The van der Waals surface area contributed by atoms with Crippen molar-refractivity contribution in [3.63, 3.8) is 0 Å². The summed E-state index contributed by atoms with van der Waals surface area (Å²) >= 11 is 0. The molecule has 1 aliphatic heterocycles. The number of ether oxygens (including phenoxy) is 1. The van der Waals surface area contributed by atoms with E-state index in [0.717, 1.165) is 0 Å². The Hall–Kier alpha value is -2.11. The van der Waals surface area contributed by atoms with E-state index in [1.54, 1.807) is 13.0 Å². The minimum absolute atomic E-state index is 0.0408. The normalized spacial score (nSPS) is 15.6. The summed E-state index contributed by atoms with van der Waals surface area (Å²) in [5.74, 6) is -1.12. The van der Waals surface area contributed by atoms with Gasteiger partial charge < -0.3 is 9.64 Å². The Labute approximate surface area is 104 Å². The molecule has 0 atom stereocenters. The molecule has 2 amide bonds. The number of rotatable bonds is 3. The fourth-order valence-electron chi connectivity index (χ4n) is 1.78. The predicted octanol–water partition coefficient (Wildman–Crippen LogP) is 0.687. The van der Waals surface area contributed by atoms with Crippen LogP contribution in [0.2, 0.25) is 0 Å². The number of nitrogens with one attached hydrogen (secondary N) is 1. The second-order valence-electron chi connectivity index (χ2n) is 3.88. The Balaban J connectivity index is 2.20. The summed E-state index contributed by atoms with van der Waals surface area (Å²) in [5.41, 5.74) is 0.485. The van der Waals surface area contributed by atoms with Crippen LogP contribution in [0.15, 0.2) is 18.2 Å². The van der Waals surface area contributed by atoms with E-state index in [0.29, 0.717) is 12.3 Å². The monoisotopic (exact) mass is 252 g/mol. The quantitative estimate of drug-likeness (QED) is 0.804. The second-order valence-corrected chi connectivity index (χ2v) is 3.88. The van der Waals surface area contributed by atoms with Gasteiger partial charge in [0.25, 0.3) is 0 Å². The highest BCUT2D eigenvalue weighted by Gasteiger charge is 2.23. The number of carbonyl (C=O) groups excluding carboxylic acids is 2. The van der Waals surface area contributed by atoms with Gasteiger partial charge in [-0.15, -0.1) is 0 Å². The van der Waals surface area contributed by atoms with E-state index < -0.39 is 5.82 Å². The Morgan fingerprint density at radius 2 is 2.00 bits per heavy atom. The summed E-state index contributed by atoms with van der Waals surface area (Å²) in [4.78, 5) is 24.0. The molecule has 0 unspecified atom stereocenters. The first-order valence-electron chi connectivity index (χ1n) is 5.60. The second kappa shape index (κ2) is 5.03. The van der Waals surface area contributed by atoms with E-state index in [1.807, 2.05) is 0 Å². The van der Waals surface area contributed by atoms with Crippen LogP contribution in [0.3, 0.4) is 0 Å². The molecule has 1 aliphatic rings. The number of hydrogen-bond donors (Lipinski definition) is 1. The lowest BCUT2D eigenvalue weighted by molar-refractivity contribution is -0.130. The van der Waals surface area contributed by atoms with Crippen LogP contribution in [-0.2, 0) is 9.59 Å². The van der Waals surface area contributed by atoms with Crippen LogP contribution in [0.4, 0.5) is 10.1 Å². The molecular weight excluding hydrogens is 239 g/mol. The maximum atomic E-state index is 13.6. The van der Waals surface area contributed by atoms with Crippen molar-refractivity contribution >= 4 is 17.5 Å². The van der Waals surface area contributed by atoms with Crippen LogP contribution in [0.5, 0.6) is 5.75 Å². The van der Waals surface area contributed by atoms with Crippen LogP contribution in [0.1, 0.15) is 6.92 Å². The topological polar surface area (TPSA) is 58.6 Å². The van der Waals surface area contributed by atoms with Gasteiger partial charge in [-0.25, -0.2) is 4.39 Å². The van der Waals surface area contributed by atoms with Gasteiger partial charge in [-0.05, 0) is 19.1 Å². The number of imide groups is 1. The van der Waals surface area contributed by atoms with Gasteiger partial charge in [0.1, 0.15) is 0 Å². The highest BCUT2D eigenvalue weighted by atomic mass is 19.1. The number of halogens is 1. The largest absolute Gasteiger partial charge is 0.491 e. The smallest absolute Gasteiger partial charge is 0.246 e. The minimum atomic E-state index is -0.507. The van der Waals surface area contributed by atoms with Gasteiger partial charge >= 0.3 is 0 Å². The Morgan fingerprint density at radius 1 is 1.33 bits per heavy atom. The SMILES string of the molecule is CCOc1ccc(N2CC(=O)NC(=O)C2)cc1F. The van der Waals surface area contributed by atoms with Crippen molar-refractivity contribution in [3.8, 4) is 5.75 Å². The molecular formula is C12H13FN2O3. The molecule has 0 spiro atoms. The van der Waals surface area contributed by atoms with Crippen molar-refractivity contribution in [1.82, 2.24) is 5.32 Å². The molecule has 0 aliphatic carbocycles. The molecule has 0 saturated carbocycles. The fraction of sp³-hybridized carbons (Fsp3) is 0.333. The van der Waals surface area contributed by atoms with Gasteiger partial charge in [0.15, 0.2) is 11.6 Å². The first-order chi connectivity index (χ1) is 8.60. The van der Waals surface area contributed by atoms with Crippen molar-refractivity contribution in [2.45, 2.75) is 6.92 Å².